The highest BCUT2D eigenvalue weighted by Crippen LogP contribution is 2.24. The van der Waals surface area contributed by atoms with Crippen molar-refractivity contribution in [3.8, 4) is 0 Å². The number of nitrogens with zero attached hydrogens (tertiary/aromatic N) is 2. The maximum Gasteiger partial charge on any atom is 0.277 e. The van der Waals surface area contributed by atoms with Crippen LogP contribution >= 0.6 is 11.7 Å². The second-order valence-electron chi connectivity index (χ2n) is 5.73. The molecule has 1 aromatic heterocycles. The van der Waals surface area contributed by atoms with E-state index in [2.05, 4.69) is 14.1 Å². The predicted molar refractivity (Wildman–Crippen MR) is 93.0 cm³/mol. The first-order valence-electron chi connectivity index (χ1n) is 7.77. The van der Waals surface area contributed by atoms with E-state index in [0.717, 1.165) is 30.1 Å². The average Bonchev–Trinajstić information content (AvgIpc) is 3.10. The molecule has 1 N–H and O–H groups in total. The van der Waals surface area contributed by atoms with E-state index < -0.39 is 10.8 Å². The predicted octanol–water partition coefficient (Wildman–Crippen LogP) is 3.37. The highest BCUT2D eigenvalue weighted by molar-refractivity contribution is 7.84. The summed E-state index contributed by atoms with van der Waals surface area (Å²) >= 11 is 1.00. The van der Waals surface area contributed by atoms with Gasteiger partial charge in [0, 0.05) is 27.5 Å². The lowest BCUT2D eigenvalue weighted by Gasteiger charge is -2.21. The van der Waals surface area contributed by atoms with Crippen LogP contribution in [-0.2, 0) is 16.6 Å². The smallest absolute Gasteiger partial charge is 0.277 e. The minimum atomic E-state index is -0.841. The Balaban J connectivity index is 1.62. The molecule has 7 heteroatoms. The molecule has 0 aliphatic heterocycles. The van der Waals surface area contributed by atoms with Gasteiger partial charge < -0.3 is 5.32 Å². The van der Waals surface area contributed by atoms with Crippen LogP contribution in [0.5, 0.6) is 0 Å². The summed E-state index contributed by atoms with van der Waals surface area (Å²) in [5, 5.41) is 3.13. The zero-order chi connectivity index (χ0) is 16.1. The lowest BCUT2D eigenvalue weighted by molar-refractivity contribution is 0.102. The summed E-state index contributed by atoms with van der Waals surface area (Å²) in [6.07, 6.45) is 7.23. The van der Waals surface area contributed by atoms with Gasteiger partial charge in [-0.25, -0.2) is 0 Å². The van der Waals surface area contributed by atoms with E-state index in [9.17, 15) is 9.00 Å². The largest absolute Gasteiger partial charge is 0.321 e. The van der Waals surface area contributed by atoms with Gasteiger partial charge >= 0.3 is 0 Å². The standard InChI is InChI=1S/C16H19N3O2S2/c20-16(15-10-17-22-19-15)18-13-6-4-5-12(9-13)11-23(21)14-7-2-1-3-8-14/h4-6,9-10,14H,1-3,7-8,11H2,(H,18,20)/t23-/m0/s1. The topological polar surface area (TPSA) is 72.0 Å². The van der Waals surface area contributed by atoms with Crippen molar-refractivity contribution in [1.29, 1.82) is 0 Å². The SMILES string of the molecule is O=C(Nc1cccc(C[S@](=O)C2CCCCC2)c1)c1cnsn1. The molecule has 1 saturated carbocycles. The van der Waals surface area contributed by atoms with Crippen molar-refractivity contribution in [2.75, 3.05) is 5.32 Å². The molecule has 1 aliphatic rings. The quantitative estimate of drug-likeness (QED) is 0.898. The first-order chi connectivity index (χ1) is 11.2. The van der Waals surface area contributed by atoms with Gasteiger partial charge in [0.2, 0.25) is 0 Å². The monoisotopic (exact) mass is 349 g/mol. The van der Waals surface area contributed by atoms with Crippen LogP contribution in [0.1, 0.15) is 48.2 Å². The lowest BCUT2D eigenvalue weighted by atomic mass is 10.0. The second-order valence-corrected chi connectivity index (χ2v) is 8.01. The third-order valence-corrected chi connectivity index (χ3v) is 6.32. The number of amides is 1. The van der Waals surface area contributed by atoms with Crippen LogP contribution in [0.4, 0.5) is 5.69 Å². The van der Waals surface area contributed by atoms with Crippen LogP contribution < -0.4 is 5.32 Å². The van der Waals surface area contributed by atoms with Crippen molar-refractivity contribution in [3.63, 3.8) is 0 Å². The van der Waals surface area contributed by atoms with Gasteiger partial charge in [0.25, 0.3) is 5.91 Å². The molecule has 3 rings (SSSR count). The van der Waals surface area contributed by atoms with Crippen LogP contribution in [0.3, 0.4) is 0 Å². The fraction of sp³-hybridized carbons (Fsp3) is 0.438. The van der Waals surface area contributed by atoms with Crippen molar-refractivity contribution in [1.82, 2.24) is 8.75 Å². The van der Waals surface area contributed by atoms with Gasteiger partial charge in [0.1, 0.15) is 0 Å². The maximum atomic E-state index is 12.5. The number of carbonyl (C=O) groups is 1. The zero-order valence-corrected chi connectivity index (χ0v) is 14.4. The minimum absolute atomic E-state index is 0.274. The molecular weight excluding hydrogens is 330 g/mol. The number of hydrogen-bond donors (Lipinski definition) is 1. The number of aromatic nitrogens is 2. The third kappa shape index (κ3) is 4.45. The molecule has 0 spiro atoms. The van der Waals surface area contributed by atoms with Crippen LogP contribution in [0, 0.1) is 0 Å². The maximum absolute atomic E-state index is 12.5. The number of hydrogen-bond acceptors (Lipinski definition) is 5. The van der Waals surface area contributed by atoms with E-state index in [1.54, 1.807) is 0 Å². The van der Waals surface area contributed by atoms with Crippen molar-refractivity contribution in [3.05, 3.63) is 41.7 Å². The molecule has 2 aromatic rings. The summed E-state index contributed by atoms with van der Waals surface area (Å²) in [6.45, 7) is 0. The summed E-state index contributed by atoms with van der Waals surface area (Å²) < 4.78 is 20.2. The molecule has 1 amide bonds. The lowest BCUT2D eigenvalue weighted by Crippen LogP contribution is -2.20. The molecule has 1 aliphatic carbocycles. The van der Waals surface area contributed by atoms with Gasteiger partial charge in [-0.15, -0.1) is 0 Å². The Morgan fingerprint density at radius 2 is 2.13 bits per heavy atom. The molecule has 0 saturated heterocycles. The molecular formula is C16H19N3O2S2. The minimum Gasteiger partial charge on any atom is -0.321 e. The highest BCUT2D eigenvalue weighted by atomic mass is 32.2. The Hall–Kier alpha value is -1.60. The number of anilines is 1. The summed E-state index contributed by atoms with van der Waals surface area (Å²) in [7, 11) is -0.841. The molecule has 1 heterocycles. The van der Waals surface area contributed by atoms with Crippen LogP contribution in [0.2, 0.25) is 0 Å². The van der Waals surface area contributed by atoms with Gasteiger partial charge in [0.05, 0.1) is 17.9 Å². The van der Waals surface area contributed by atoms with Crippen LogP contribution in [-0.4, -0.2) is 24.1 Å². The number of nitrogens with one attached hydrogen (secondary N) is 1. The summed E-state index contributed by atoms with van der Waals surface area (Å²) in [5.74, 6) is 0.274. The average molecular weight is 349 g/mol. The van der Waals surface area contributed by atoms with Crippen LogP contribution in [0.25, 0.3) is 0 Å². The Labute approximate surface area is 142 Å². The number of benzene rings is 1. The third-order valence-electron chi connectivity index (χ3n) is 4.01. The Morgan fingerprint density at radius 3 is 2.87 bits per heavy atom. The molecule has 5 nitrogen and oxygen atoms in total. The van der Waals surface area contributed by atoms with E-state index in [1.165, 1.54) is 25.5 Å². The van der Waals surface area contributed by atoms with Crippen molar-refractivity contribution in [2.45, 2.75) is 43.1 Å². The van der Waals surface area contributed by atoms with E-state index >= 15 is 0 Å². The molecule has 0 unspecified atom stereocenters. The number of rotatable bonds is 5. The van der Waals surface area contributed by atoms with Gasteiger partial charge in [-0.3, -0.25) is 9.00 Å². The molecule has 1 atom stereocenters. The van der Waals surface area contributed by atoms with E-state index in [-0.39, 0.29) is 5.91 Å². The second kappa shape index (κ2) is 7.79. The van der Waals surface area contributed by atoms with Gasteiger partial charge in [-0.2, -0.15) is 8.75 Å². The summed E-state index contributed by atoms with van der Waals surface area (Å²) in [5.41, 5.74) is 2.00. The summed E-state index contributed by atoms with van der Waals surface area (Å²) in [6, 6.07) is 7.55. The summed E-state index contributed by atoms with van der Waals surface area (Å²) in [4.78, 5) is 12.0. The molecule has 1 aromatic carbocycles. The van der Waals surface area contributed by atoms with Crippen molar-refractivity contribution in [2.24, 2.45) is 0 Å². The van der Waals surface area contributed by atoms with E-state index in [1.807, 2.05) is 24.3 Å². The zero-order valence-electron chi connectivity index (χ0n) is 12.7. The van der Waals surface area contributed by atoms with E-state index in [4.69, 9.17) is 0 Å². The molecule has 23 heavy (non-hydrogen) atoms. The first kappa shape index (κ1) is 16.3. The van der Waals surface area contributed by atoms with Crippen LogP contribution in [0.15, 0.2) is 30.5 Å². The Bertz CT molecular complexity index is 682. The molecule has 1 fully saturated rings. The van der Waals surface area contributed by atoms with Crippen molar-refractivity contribution >= 4 is 34.1 Å². The normalized spacial score (nSPS) is 16.9. The van der Waals surface area contributed by atoms with E-state index in [0.29, 0.717) is 22.4 Å². The molecule has 0 radical (unpaired) electrons. The molecule has 0 bridgehead atoms. The Morgan fingerprint density at radius 1 is 1.30 bits per heavy atom. The Kier molecular flexibility index (Phi) is 5.51. The van der Waals surface area contributed by atoms with Gasteiger partial charge in [-0.05, 0) is 30.5 Å². The fourth-order valence-corrected chi connectivity index (χ4v) is 4.82. The van der Waals surface area contributed by atoms with Gasteiger partial charge in [-0.1, -0.05) is 31.4 Å². The molecule has 122 valence electrons. The number of carbonyl (C=O) groups excluding carboxylic acids is 1. The fourth-order valence-electron chi connectivity index (χ4n) is 2.81. The highest BCUT2D eigenvalue weighted by Gasteiger charge is 2.20. The van der Waals surface area contributed by atoms with Crippen molar-refractivity contribution < 1.29 is 9.00 Å². The first-order valence-corrected chi connectivity index (χ1v) is 9.88. The van der Waals surface area contributed by atoms with Gasteiger partial charge in [0.15, 0.2) is 5.69 Å².